The van der Waals surface area contributed by atoms with Crippen molar-refractivity contribution in [3.63, 3.8) is 0 Å². The van der Waals surface area contributed by atoms with E-state index in [1.807, 2.05) is 39.8 Å². The number of piperidine rings is 1. The van der Waals surface area contributed by atoms with Gasteiger partial charge in [-0.1, -0.05) is 0 Å². The molecule has 3 heterocycles. The number of carbonyl (C=O) groups is 2. The Morgan fingerprint density at radius 3 is 2.45 bits per heavy atom. The van der Waals surface area contributed by atoms with Gasteiger partial charge in [0.15, 0.2) is 11.5 Å². The van der Waals surface area contributed by atoms with Crippen molar-refractivity contribution in [1.29, 1.82) is 0 Å². The smallest absolute Gasteiger partial charge is 0.410 e. The highest BCUT2D eigenvalue weighted by Crippen LogP contribution is 2.42. The second kappa shape index (κ2) is 8.93. The third-order valence-electron chi connectivity index (χ3n) is 6.57. The quantitative estimate of drug-likeness (QED) is 0.737. The van der Waals surface area contributed by atoms with E-state index in [0.717, 1.165) is 18.7 Å². The predicted molar refractivity (Wildman–Crippen MR) is 122 cm³/mol. The maximum atomic E-state index is 12.7. The fourth-order valence-electron chi connectivity index (χ4n) is 5.17. The van der Waals surface area contributed by atoms with Crippen LogP contribution in [0.3, 0.4) is 0 Å². The van der Waals surface area contributed by atoms with Crippen LogP contribution in [0.1, 0.15) is 51.3 Å². The van der Waals surface area contributed by atoms with Crippen LogP contribution in [0.15, 0.2) is 12.1 Å². The molecule has 2 fully saturated rings. The Labute approximate surface area is 195 Å². The number of fused-ring (bicyclic) bond motifs is 3. The monoisotopic (exact) mass is 461 g/mol. The van der Waals surface area contributed by atoms with Crippen molar-refractivity contribution in [1.82, 2.24) is 15.1 Å². The molecular weight excluding hydrogens is 426 g/mol. The normalized spacial score (nSPS) is 27.3. The first-order chi connectivity index (χ1) is 15.6. The number of ether oxygens (including phenoxy) is 4. The van der Waals surface area contributed by atoms with Gasteiger partial charge in [0.25, 0.3) is 0 Å². The van der Waals surface area contributed by atoms with Gasteiger partial charge in [0.2, 0.25) is 0 Å². The number of alkyl carbamates (subject to hydrolysis) is 1. The number of nitrogens with zero attached hydrogens (tertiary/aromatic N) is 2. The molecule has 0 aliphatic carbocycles. The van der Waals surface area contributed by atoms with Crippen LogP contribution in [-0.2, 0) is 15.9 Å². The molecule has 0 spiro atoms. The molecule has 2 amide bonds. The Kier molecular flexibility index (Phi) is 6.35. The summed E-state index contributed by atoms with van der Waals surface area (Å²) in [5, 5.41) is 3.06. The highest BCUT2D eigenvalue weighted by atomic mass is 16.6. The molecule has 4 rings (SSSR count). The van der Waals surface area contributed by atoms with E-state index in [0.29, 0.717) is 25.3 Å². The Bertz CT molecular complexity index is 914. The average Bonchev–Trinajstić information content (AvgIpc) is 3.08. The molecule has 1 aromatic carbocycles. The standard InChI is InChI=1S/C24H35N3O6/c1-14-12-27(23(29)32-14)19-13-26-8-7-15-9-20(30-5)21(31-6)10-16(15)18(26)11-17(19)25-22(28)33-24(2,3)4/h9-10,14,17-19H,7-8,11-13H2,1-6H3,(H,25,28). The molecule has 1 N–H and O–H groups in total. The number of hydrogen-bond donors (Lipinski definition) is 1. The zero-order chi connectivity index (χ0) is 23.9. The van der Waals surface area contributed by atoms with Crippen LogP contribution in [0.25, 0.3) is 0 Å². The number of nitrogens with one attached hydrogen (secondary N) is 1. The van der Waals surface area contributed by atoms with Gasteiger partial charge in [-0.15, -0.1) is 0 Å². The second-order valence-corrected chi connectivity index (χ2v) is 10.1. The summed E-state index contributed by atoms with van der Waals surface area (Å²) in [6.07, 6.45) is 0.547. The van der Waals surface area contributed by atoms with E-state index in [1.165, 1.54) is 11.1 Å². The van der Waals surface area contributed by atoms with Gasteiger partial charge in [-0.25, -0.2) is 9.59 Å². The Balaban J connectivity index is 1.64. The molecule has 4 atom stereocenters. The van der Waals surface area contributed by atoms with Crippen LogP contribution >= 0.6 is 0 Å². The van der Waals surface area contributed by atoms with Crippen LogP contribution in [0.2, 0.25) is 0 Å². The van der Waals surface area contributed by atoms with Crippen LogP contribution in [0.4, 0.5) is 9.59 Å². The second-order valence-electron chi connectivity index (χ2n) is 10.1. The number of carbonyl (C=O) groups excluding carboxylic acids is 2. The zero-order valence-corrected chi connectivity index (χ0v) is 20.3. The van der Waals surface area contributed by atoms with Gasteiger partial charge in [0.05, 0.1) is 32.8 Å². The zero-order valence-electron chi connectivity index (χ0n) is 20.3. The van der Waals surface area contributed by atoms with Crippen molar-refractivity contribution in [2.24, 2.45) is 0 Å². The van der Waals surface area contributed by atoms with E-state index in [4.69, 9.17) is 18.9 Å². The Hall–Kier alpha value is -2.68. The molecule has 9 heteroatoms. The number of cyclic esters (lactones) is 1. The highest BCUT2D eigenvalue weighted by molar-refractivity contribution is 5.71. The predicted octanol–water partition coefficient (Wildman–Crippen LogP) is 3.11. The Morgan fingerprint density at radius 2 is 1.85 bits per heavy atom. The fraction of sp³-hybridized carbons (Fsp3) is 0.667. The maximum absolute atomic E-state index is 12.7. The van der Waals surface area contributed by atoms with E-state index >= 15 is 0 Å². The van der Waals surface area contributed by atoms with Gasteiger partial charge in [-0.3, -0.25) is 9.80 Å². The number of methoxy groups -OCH3 is 2. The molecule has 9 nitrogen and oxygen atoms in total. The summed E-state index contributed by atoms with van der Waals surface area (Å²) in [4.78, 5) is 29.4. The Morgan fingerprint density at radius 1 is 1.15 bits per heavy atom. The lowest BCUT2D eigenvalue weighted by molar-refractivity contribution is 0.0252. The lowest BCUT2D eigenvalue weighted by Crippen LogP contribution is -2.62. The van der Waals surface area contributed by atoms with Crippen LogP contribution in [-0.4, -0.2) is 79.6 Å². The average molecular weight is 462 g/mol. The molecule has 0 bridgehead atoms. The largest absolute Gasteiger partial charge is 0.493 e. The molecule has 0 aromatic heterocycles. The first kappa shape index (κ1) is 23.5. The maximum Gasteiger partial charge on any atom is 0.410 e. The van der Waals surface area contributed by atoms with E-state index in [1.54, 1.807) is 19.1 Å². The molecule has 3 aliphatic heterocycles. The molecule has 0 radical (unpaired) electrons. The molecule has 4 unspecified atom stereocenters. The van der Waals surface area contributed by atoms with Crippen LogP contribution in [0, 0.1) is 0 Å². The van der Waals surface area contributed by atoms with Crippen molar-refractivity contribution in [3.05, 3.63) is 23.3 Å². The van der Waals surface area contributed by atoms with Crippen LogP contribution < -0.4 is 14.8 Å². The van der Waals surface area contributed by atoms with Crippen LogP contribution in [0.5, 0.6) is 11.5 Å². The minimum absolute atomic E-state index is 0.0841. The summed E-state index contributed by atoms with van der Waals surface area (Å²) >= 11 is 0. The summed E-state index contributed by atoms with van der Waals surface area (Å²) in [5.74, 6) is 1.41. The van der Waals surface area contributed by atoms with Gasteiger partial charge in [0, 0.05) is 19.1 Å². The fourth-order valence-corrected chi connectivity index (χ4v) is 5.17. The van der Waals surface area contributed by atoms with Crippen molar-refractivity contribution < 1.29 is 28.5 Å². The SMILES string of the molecule is COc1cc2c(cc1OC)C1CC(NC(=O)OC(C)(C)C)C(N3CC(C)OC3=O)CN1CC2. The van der Waals surface area contributed by atoms with Gasteiger partial charge in [-0.05, 0) is 63.8 Å². The van der Waals surface area contributed by atoms with Gasteiger partial charge in [0.1, 0.15) is 11.7 Å². The third kappa shape index (κ3) is 4.83. The van der Waals surface area contributed by atoms with Gasteiger partial charge < -0.3 is 24.3 Å². The number of benzene rings is 1. The summed E-state index contributed by atoms with van der Waals surface area (Å²) in [6, 6.07) is 3.70. The summed E-state index contributed by atoms with van der Waals surface area (Å²) < 4.78 is 22.0. The minimum Gasteiger partial charge on any atom is -0.493 e. The van der Waals surface area contributed by atoms with Crippen molar-refractivity contribution >= 4 is 12.2 Å². The molecule has 182 valence electrons. The van der Waals surface area contributed by atoms with Crippen molar-refractivity contribution in [3.8, 4) is 11.5 Å². The van der Waals surface area contributed by atoms with Crippen molar-refractivity contribution in [2.75, 3.05) is 33.9 Å². The lowest BCUT2D eigenvalue weighted by atomic mass is 9.82. The molecule has 2 saturated heterocycles. The summed E-state index contributed by atoms with van der Waals surface area (Å²) in [5.41, 5.74) is 1.78. The lowest BCUT2D eigenvalue weighted by Gasteiger charge is -2.49. The molecular formula is C24H35N3O6. The van der Waals surface area contributed by atoms with Crippen molar-refractivity contribution in [2.45, 2.75) is 70.4 Å². The minimum atomic E-state index is -0.608. The highest BCUT2D eigenvalue weighted by Gasteiger charge is 2.46. The molecule has 33 heavy (non-hydrogen) atoms. The number of rotatable bonds is 4. The van der Waals surface area contributed by atoms with E-state index in [2.05, 4.69) is 10.2 Å². The number of amides is 2. The van der Waals surface area contributed by atoms with Gasteiger partial charge in [-0.2, -0.15) is 0 Å². The van der Waals surface area contributed by atoms with Gasteiger partial charge >= 0.3 is 12.2 Å². The summed E-state index contributed by atoms with van der Waals surface area (Å²) in [6.45, 7) is 9.41. The molecule has 1 aromatic rings. The molecule has 0 saturated carbocycles. The molecule has 3 aliphatic rings. The van der Waals surface area contributed by atoms with E-state index in [-0.39, 0.29) is 30.3 Å². The summed E-state index contributed by atoms with van der Waals surface area (Å²) in [7, 11) is 3.27. The van der Waals surface area contributed by atoms with E-state index in [9.17, 15) is 9.59 Å². The third-order valence-corrected chi connectivity index (χ3v) is 6.57. The first-order valence-corrected chi connectivity index (χ1v) is 11.5. The topological polar surface area (TPSA) is 89.6 Å². The van der Waals surface area contributed by atoms with E-state index < -0.39 is 11.7 Å². The first-order valence-electron chi connectivity index (χ1n) is 11.5. The number of hydrogen-bond acceptors (Lipinski definition) is 7.